The summed E-state index contributed by atoms with van der Waals surface area (Å²) in [6.45, 7) is 7.71. The lowest BCUT2D eigenvalue weighted by molar-refractivity contribution is -0.165. The van der Waals surface area contributed by atoms with E-state index in [4.69, 9.17) is 4.74 Å². The molecule has 0 fully saturated rings. The molecule has 3 heteroatoms. The van der Waals surface area contributed by atoms with Gasteiger partial charge in [-0.05, 0) is 33.1 Å². The molecule has 0 aliphatic rings. The number of hydrogen-bond donors (Lipinski definition) is 0. The summed E-state index contributed by atoms with van der Waals surface area (Å²) in [5.41, 5.74) is -0.826. The number of allylic oxidation sites excluding steroid dienone is 1. The Morgan fingerprint density at radius 3 is 2.53 bits per heavy atom. The average molecular weight is 214 g/mol. The third-order valence-electron chi connectivity index (χ3n) is 2.19. The molecule has 0 saturated heterocycles. The van der Waals surface area contributed by atoms with Gasteiger partial charge in [0, 0.05) is 6.61 Å². The standard InChI is InChI=1S/C12H22O3/c1-5-6-7-8-9-10-15-12(2,3)11(13)14-4/h5H,1,6-10H2,2-4H3. The minimum atomic E-state index is -0.826. The molecular weight excluding hydrogens is 192 g/mol. The Balaban J connectivity index is 3.57. The lowest BCUT2D eigenvalue weighted by Gasteiger charge is -2.21. The van der Waals surface area contributed by atoms with Crippen molar-refractivity contribution >= 4 is 5.97 Å². The maximum absolute atomic E-state index is 11.2. The number of carbonyl (C=O) groups is 1. The van der Waals surface area contributed by atoms with Crippen LogP contribution in [-0.2, 0) is 14.3 Å². The van der Waals surface area contributed by atoms with E-state index in [1.165, 1.54) is 7.11 Å². The number of unbranched alkanes of at least 4 members (excludes halogenated alkanes) is 3. The van der Waals surface area contributed by atoms with Gasteiger partial charge in [-0.2, -0.15) is 0 Å². The second kappa shape index (κ2) is 7.46. The highest BCUT2D eigenvalue weighted by Crippen LogP contribution is 2.12. The molecule has 0 bridgehead atoms. The first kappa shape index (κ1) is 14.2. The second-order valence-electron chi connectivity index (χ2n) is 3.99. The zero-order valence-electron chi connectivity index (χ0n) is 10.0. The SMILES string of the molecule is C=CCCCCCOC(C)(C)C(=O)OC. The Labute approximate surface area is 92.5 Å². The van der Waals surface area contributed by atoms with Crippen molar-refractivity contribution in [2.45, 2.75) is 45.1 Å². The first-order chi connectivity index (χ1) is 7.04. The maximum Gasteiger partial charge on any atom is 0.337 e. The van der Waals surface area contributed by atoms with Crippen LogP contribution in [0.4, 0.5) is 0 Å². The van der Waals surface area contributed by atoms with Crippen LogP contribution in [0.5, 0.6) is 0 Å². The Kier molecular flexibility index (Phi) is 7.05. The predicted octanol–water partition coefficient (Wildman–Crippen LogP) is 2.70. The van der Waals surface area contributed by atoms with Crippen LogP contribution in [0.25, 0.3) is 0 Å². The van der Waals surface area contributed by atoms with E-state index in [1.54, 1.807) is 13.8 Å². The smallest absolute Gasteiger partial charge is 0.337 e. The number of methoxy groups -OCH3 is 1. The molecule has 0 saturated carbocycles. The minimum absolute atomic E-state index is 0.325. The van der Waals surface area contributed by atoms with Gasteiger partial charge in [-0.3, -0.25) is 0 Å². The molecule has 0 unspecified atom stereocenters. The second-order valence-corrected chi connectivity index (χ2v) is 3.99. The Morgan fingerprint density at radius 2 is 2.00 bits per heavy atom. The first-order valence-electron chi connectivity index (χ1n) is 5.38. The molecule has 0 rings (SSSR count). The summed E-state index contributed by atoms with van der Waals surface area (Å²) in [4.78, 5) is 11.2. The van der Waals surface area contributed by atoms with Crippen LogP contribution in [0.3, 0.4) is 0 Å². The van der Waals surface area contributed by atoms with E-state index >= 15 is 0 Å². The van der Waals surface area contributed by atoms with E-state index in [9.17, 15) is 4.79 Å². The van der Waals surface area contributed by atoms with Crippen molar-refractivity contribution in [1.82, 2.24) is 0 Å². The molecule has 0 aromatic carbocycles. The summed E-state index contributed by atoms with van der Waals surface area (Å²) in [7, 11) is 1.37. The van der Waals surface area contributed by atoms with Crippen LogP contribution in [-0.4, -0.2) is 25.3 Å². The van der Waals surface area contributed by atoms with Gasteiger partial charge in [0.25, 0.3) is 0 Å². The van der Waals surface area contributed by atoms with Crippen LogP contribution < -0.4 is 0 Å². The summed E-state index contributed by atoms with van der Waals surface area (Å²) in [5, 5.41) is 0. The fraction of sp³-hybridized carbons (Fsp3) is 0.750. The van der Waals surface area contributed by atoms with Crippen molar-refractivity contribution in [3.8, 4) is 0 Å². The molecule has 0 heterocycles. The molecule has 0 N–H and O–H groups in total. The van der Waals surface area contributed by atoms with Crippen molar-refractivity contribution in [3.05, 3.63) is 12.7 Å². The van der Waals surface area contributed by atoms with Gasteiger partial charge in [0.1, 0.15) is 0 Å². The topological polar surface area (TPSA) is 35.5 Å². The van der Waals surface area contributed by atoms with Crippen molar-refractivity contribution in [1.29, 1.82) is 0 Å². The number of ether oxygens (including phenoxy) is 2. The van der Waals surface area contributed by atoms with Gasteiger partial charge in [0.15, 0.2) is 5.60 Å². The summed E-state index contributed by atoms with van der Waals surface area (Å²) in [6, 6.07) is 0. The molecule has 0 radical (unpaired) electrons. The average Bonchev–Trinajstić information content (AvgIpc) is 2.22. The molecule has 0 spiro atoms. The Morgan fingerprint density at radius 1 is 1.33 bits per heavy atom. The van der Waals surface area contributed by atoms with Gasteiger partial charge < -0.3 is 9.47 Å². The molecule has 3 nitrogen and oxygen atoms in total. The Hall–Kier alpha value is -0.830. The zero-order valence-corrected chi connectivity index (χ0v) is 10.0. The van der Waals surface area contributed by atoms with Gasteiger partial charge in [-0.15, -0.1) is 6.58 Å². The van der Waals surface area contributed by atoms with Gasteiger partial charge in [0.05, 0.1) is 7.11 Å². The number of hydrogen-bond acceptors (Lipinski definition) is 3. The van der Waals surface area contributed by atoms with Crippen molar-refractivity contribution in [3.63, 3.8) is 0 Å². The highest BCUT2D eigenvalue weighted by molar-refractivity contribution is 5.78. The van der Waals surface area contributed by atoms with Crippen LogP contribution in [0.15, 0.2) is 12.7 Å². The van der Waals surface area contributed by atoms with E-state index in [-0.39, 0.29) is 5.97 Å². The van der Waals surface area contributed by atoms with Gasteiger partial charge >= 0.3 is 5.97 Å². The number of esters is 1. The largest absolute Gasteiger partial charge is 0.467 e. The molecule has 15 heavy (non-hydrogen) atoms. The van der Waals surface area contributed by atoms with Crippen molar-refractivity contribution < 1.29 is 14.3 Å². The van der Waals surface area contributed by atoms with E-state index < -0.39 is 5.60 Å². The summed E-state index contributed by atoms with van der Waals surface area (Å²) < 4.78 is 10.1. The molecule has 0 amide bonds. The third-order valence-corrected chi connectivity index (χ3v) is 2.19. The maximum atomic E-state index is 11.2. The minimum Gasteiger partial charge on any atom is -0.467 e. The molecule has 88 valence electrons. The predicted molar refractivity (Wildman–Crippen MR) is 60.7 cm³/mol. The van der Waals surface area contributed by atoms with Crippen LogP contribution in [0, 0.1) is 0 Å². The van der Waals surface area contributed by atoms with Crippen LogP contribution in [0.1, 0.15) is 39.5 Å². The summed E-state index contributed by atoms with van der Waals surface area (Å²) in [5.74, 6) is -0.325. The highest BCUT2D eigenvalue weighted by Gasteiger charge is 2.29. The first-order valence-corrected chi connectivity index (χ1v) is 5.38. The summed E-state index contributed by atoms with van der Waals surface area (Å²) >= 11 is 0. The highest BCUT2D eigenvalue weighted by atomic mass is 16.6. The lowest BCUT2D eigenvalue weighted by atomic mass is 10.1. The van der Waals surface area contributed by atoms with E-state index in [1.807, 2.05) is 6.08 Å². The molecule has 0 aromatic heterocycles. The normalized spacial score (nSPS) is 11.1. The van der Waals surface area contributed by atoms with Crippen LogP contribution in [0.2, 0.25) is 0 Å². The monoisotopic (exact) mass is 214 g/mol. The fourth-order valence-electron chi connectivity index (χ4n) is 1.20. The molecule has 0 aliphatic heterocycles. The molecule has 0 aliphatic carbocycles. The molecular formula is C12H22O3. The lowest BCUT2D eigenvalue weighted by Crippen LogP contribution is -2.36. The van der Waals surface area contributed by atoms with Crippen molar-refractivity contribution in [2.24, 2.45) is 0 Å². The molecule has 0 atom stereocenters. The zero-order chi connectivity index (χ0) is 11.7. The van der Waals surface area contributed by atoms with Crippen LogP contribution >= 0.6 is 0 Å². The quantitative estimate of drug-likeness (QED) is 0.354. The summed E-state index contributed by atoms with van der Waals surface area (Å²) in [6.07, 6.45) is 6.16. The van der Waals surface area contributed by atoms with Crippen molar-refractivity contribution in [2.75, 3.05) is 13.7 Å². The number of rotatable bonds is 8. The van der Waals surface area contributed by atoms with E-state index in [0.717, 1.165) is 25.7 Å². The van der Waals surface area contributed by atoms with Gasteiger partial charge in [-0.25, -0.2) is 4.79 Å². The van der Waals surface area contributed by atoms with Gasteiger partial charge in [0.2, 0.25) is 0 Å². The van der Waals surface area contributed by atoms with E-state index in [0.29, 0.717) is 6.61 Å². The Bertz CT molecular complexity index is 197. The fourth-order valence-corrected chi connectivity index (χ4v) is 1.20. The number of carbonyl (C=O) groups excluding carboxylic acids is 1. The molecule has 0 aromatic rings. The van der Waals surface area contributed by atoms with Gasteiger partial charge in [-0.1, -0.05) is 12.5 Å². The van der Waals surface area contributed by atoms with E-state index in [2.05, 4.69) is 11.3 Å². The third kappa shape index (κ3) is 6.28.